The first-order chi connectivity index (χ1) is 7.24. The van der Waals surface area contributed by atoms with Crippen molar-refractivity contribution in [3.63, 3.8) is 0 Å². The number of phenols is 1. The Morgan fingerprint density at radius 2 is 2.33 bits per heavy atom. The maximum Gasteiger partial charge on any atom is 0.251 e. The molecule has 0 radical (unpaired) electrons. The minimum atomic E-state index is -0.203. The Kier molecular flexibility index (Phi) is 4.63. The van der Waals surface area contributed by atoms with Crippen molar-refractivity contribution in [1.82, 2.24) is 5.32 Å². The van der Waals surface area contributed by atoms with Gasteiger partial charge in [-0.2, -0.15) is 0 Å². The first-order valence-electron chi connectivity index (χ1n) is 4.89. The predicted molar refractivity (Wildman–Crippen MR) is 56.9 cm³/mol. The van der Waals surface area contributed by atoms with Crippen molar-refractivity contribution in [2.45, 2.75) is 6.92 Å². The van der Waals surface area contributed by atoms with Crippen LogP contribution in [0.4, 0.5) is 0 Å². The molecule has 0 spiro atoms. The fourth-order valence-electron chi connectivity index (χ4n) is 1.13. The van der Waals surface area contributed by atoms with E-state index in [-0.39, 0.29) is 11.7 Å². The summed E-state index contributed by atoms with van der Waals surface area (Å²) in [5.41, 5.74) is 0.450. The maximum absolute atomic E-state index is 11.5. The number of hydrogen-bond acceptors (Lipinski definition) is 3. The molecule has 0 aliphatic heterocycles. The summed E-state index contributed by atoms with van der Waals surface area (Å²) in [4.78, 5) is 11.5. The average molecular weight is 209 g/mol. The molecule has 15 heavy (non-hydrogen) atoms. The van der Waals surface area contributed by atoms with Crippen LogP contribution in [0.2, 0.25) is 0 Å². The van der Waals surface area contributed by atoms with E-state index in [4.69, 9.17) is 9.84 Å². The second-order valence-corrected chi connectivity index (χ2v) is 3.00. The molecule has 82 valence electrons. The zero-order chi connectivity index (χ0) is 11.1. The second kappa shape index (κ2) is 6.03. The van der Waals surface area contributed by atoms with Gasteiger partial charge in [-0.05, 0) is 25.1 Å². The number of benzene rings is 1. The molecule has 0 aromatic heterocycles. The number of ether oxygens (including phenoxy) is 1. The Balaban J connectivity index is 2.40. The van der Waals surface area contributed by atoms with Crippen LogP contribution in [0.1, 0.15) is 17.3 Å². The monoisotopic (exact) mass is 209 g/mol. The number of phenolic OH excluding ortho intramolecular Hbond substituents is 1. The Morgan fingerprint density at radius 1 is 1.53 bits per heavy atom. The van der Waals surface area contributed by atoms with Crippen molar-refractivity contribution in [3.05, 3.63) is 29.8 Å². The van der Waals surface area contributed by atoms with E-state index >= 15 is 0 Å². The molecule has 0 aliphatic rings. The maximum atomic E-state index is 11.5. The van der Waals surface area contributed by atoms with Crippen molar-refractivity contribution in [2.75, 3.05) is 19.8 Å². The van der Waals surface area contributed by atoms with Gasteiger partial charge in [0.15, 0.2) is 0 Å². The van der Waals surface area contributed by atoms with E-state index in [2.05, 4.69) is 5.32 Å². The van der Waals surface area contributed by atoms with E-state index in [0.29, 0.717) is 25.3 Å². The minimum absolute atomic E-state index is 0.0902. The van der Waals surface area contributed by atoms with Gasteiger partial charge in [-0.3, -0.25) is 4.79 Å². The molecule has 1 aromatic carbocycles. The van der Waals surface area contributed by atoms with Crippen LogP contribution >= 0.6 is 0 Å². The molecule has 0 saturated heterocycles. The minimum Gasteiger partial charge on any atom is -0.508 e. The smallest absolute Gasteiger partial charge is 0.251 e. The summed E-state index contributed by atoms with van der Waals surface area (Å²) in [7, 11) is 0. The lowest BCUT2D eigenvalue weighted by molar-refractivity contribution is 0.0922. The van der Waals surface area contributed by atoms with Crippen LogP contribution in [0.25, 0.3) is 0 Å². The first-order valence-corrected chi connectivity index (χ1v) is 4.89. The number of carbonyl (C=O) groups excluding carboxylic acids is 1. The van der Waals surface area contributed by atoms with Crippen molar-refractivity contribution in [2.24, 2.45) is 0 Å². The third kappa shape index (κ3) is 3.99. The fourth-order valence-corrected chi connectivity index (χ4v) is 1.13. The molecule has 0 unspecified atom stereocenters. The van der Waals surface area contributed by atoms with Crippen LogP contribution in [0.15, 0.2) is 24.3 Å². The van der Waals surface area contributed by atoms with Gasteiger partial charge in [0.2, 0.25) is 0 Å². The van der Waals surface area contributed by atoms with Crippen LogP contribution in [0.5, 0.6) is 5.75 Å². The summed E-state index contributed by atoms with van der Waals surface area (Å²) in [6.07, 6.45) is 0. The van der Waals surface area contributed by atoms with Crippen molar-refractivity contribution < 1.29 is 14.6 Å². The number of amides is 1. The van der Waals surface area contributed by atoms with E-state index < -0.39 is 0 Å². The predicted octanol–water partition coefficient (Wildman–Crippen LogP) is 1.16. The van der Waals surface area contributed by atoms with E-state index in [9.17, 15) is 4.79 Å². The lowest BCUT2D eigenvalue weighted by Gasteiger charge is -2.05. The molecular weight excluding hydrogens is 194 g/mol. The van der Waals surface area contributed by atoms with Gasteiger partial charge in [0, 0.05) is 18.7 Å². The Labute approximate surface area is 88.9 Å². The van der Waals surface area contributed by atoms with Gasteiger partial charge in [0.1, 0.15) is 5.75 Å². The fraction of sp³-hybridized carbons (Fsp3) is 0.364. The van der Waals surface area contributed by atoms with Crippen molar-refractivity contribution in [1.29, 1.82) is 0 Å². The molecule has 1 rings (SSSR count). The van der Waals surface area contributed by atoms with Gasteiger partial charge in [0.05, 0.1) is 6.61 Å². The molecular formula is C11H15NO3. The lowest BCUT2D eigenvalue weighted by Crippen LogP contribution is -2.27. The summed E-state index contributed by atoms with van der Waals surface area (Å²) in [5, 5.41) is 11.9. The molecule has 1 aromatic rings. The highest BCUT2D eigenvalue weighted by Crippen LogP contribution is 2.10. The molecule has 1 amide bonds. The normalized spacial score (nSPS) is 9.93. The summed E-state index contributed by atoms with van der Waals surface area (Å²) < 4.78 is 5.08. The van der Waals surface area contributed by atoms with E-state index in [1.54, 1.807) is 12.1 Å². The van der Waals surface area contributed by atoms with Crippen LogP contribution in [-0.2, 0) is 4.74 Å². The summed E-state index contributed by atoms with van der Waals surface area (Å²) in [5.74, 6) is -0.113. The largest absolute Gasteiger partial charge is 0.508 e. The first kappa shape index (κ1) is 11.5. The van der Waals surface area contributed by atoms with Crippen LogP contribution in [-0.4, -0.2) is 30.8 Å². The van der Waals surface area contributed by atoms with Crippen LogP contribution in [0, 0.1) is 0 Å². The molecule has 2 N–H and O–H groups in total. The molecule has 4 nitrogen and oxygen atoms in total. The molecule has 0 saturated carbocycles. The van der Waals surface area contributed by atoms with Crippen molar-refractivity contribution in [3.8, 4) is 5.75 Å². The molecule has 0 atom stereocenters. The molecule has 0 bridgehead atoms. The average Bonchev–Trinajstić information content (AvgIpc) is 2.24. The van der Waals surface area contributed by atoms with Gasteiger partial charge < -0.3 is 15.2 Å². The zero-order valence-corrected chi connectivity index (χ0v) is 8.69. The Bertz CT molecular complexity index is 325. The van der Waals surface area contributed by atoms with Gasteiger partial charge in [-0.1, -0.05) is 6.07 Å². The molecule has 0 fully saturated rings. The van der Waals surface area contributed by atoms with Gasteiger partial charge >= 0.3 is 0 Å². The number of nitrogens with one attached hydrogen (secondary N) is 1. The van der Waals surface area contributed by atoms with Gasteiger partial charge in [0.25, 0.3) is 5.91 Å². The number of aromatic hydroxyl groups is 1. The quantitative estimate of drug-likeness (QED) is 0.715. The summed E-state index contributed by atoms with van der Waals surface area (Å²) >= 11 is 0. The van der Waals surface area contributed by atoms with Crippen LogP contribution < -0.4 is 5.32 Å². The highest BCUT2D eigenvalue weighted by atomic mass is 16.5. The molecule has 0 aliphatic carbocycles. The van der Waals surface area contributed by atoms with E-state index in [1.807, 2.05) is 6.92 Å². The third-order valence-electron chi connectivity index (χ3n) is 1.84. The van der Waals surface area contributed by atoms with Crippen molar-refractivity contribution >= 4 is 5.91 Å². The Morgan fingerprint density at radius 3 is 3.00 bits per heavy atom. The topological polar surface area (TPSA) is 58.6 Å². The highest BCUT2D eigenvalue weighted by Gasteiger charge is 2.04. The van der Waals surface area contributed by atoms with Gasteiger partial charge in [-0.25, -0.2) is 0 Å². The zero-order valence-electron chi connectivity index (χ0n) is 8.69. The molecule has 0 heterocycles. The Hall–Kier alpha value is -1.55. The molecule has 4 heteroatoms. The number of rotatable bonds is 5. The SMILES string of the molecule is CCOCCNC(=O)c1cccc(O)c1. The van der Waals surface area contributed by atoms with Gasteiger partial charge in [-0.15, -0.1) is 0 Å². The van der Waals surface area contributed by atoms with E-state index in [0.717, 1.165) is 0 Å². The summed E-state index contributed by atoms with van der Waals surface area (Å²) in [6, 6.07) is 6.23. The van der Waals surface area contributed by atoms with E-state index in [1.165, 1.54) is 12.1 Å². The summed E-state index contributed by atoms with van der Waals surface area (Å²) in [6.45, 7) is 3.52. The standard InChI is InChI=1S/C11H15NO3/c1-2-15-7-6-12-11(14)9-4-3-5-10(13)8-9/h3-5,8,13H,2,6-7H2,1H3,(H,12,14). The third-order valence-corrected chi connectivity index (χ3v) is 1.84. The number of hydrogen-bond donors (Lipinski definition) is 2. The number of carbonyl (C=O) groups is 1. The second-order valence-electron chi connectivity index (χ2n) is 3.00. The highest BCUT2D eigenvalue weighted by molar-refractivity contribution is 5.94. The lowest BCUT2D eigenvalue weighted by atomic mass is 10.2. The van der Waals surface area contributed by atoms with Crippen LogP contribution in [0.3, 0.4) is 0 Å².